The van der Waals surface area contributed by atoms with Gasteiger partial charge in [0.15, 0.2) is 0 Å². The Kier molecular flexibility index (Phi) is 5.45. The fourth-order valence-corrected chi connectivity index (χ4v) is 3.17. The highest BCUT2D eigenvalue weighted by molar-refractivity contribution is 7.92. The van der Waals surface area contributed by atoms with Crippen LogP contribution in [0.3, 0.4) is 0 Å². The summed E-state index contributed by atoms with van der Waals surface area (Å²) in [7, 11) is -1.30. The van der Waals surface area contributed by atoms with Gasteiger partial charge in [-0.3, -0.25) is 4.72 Å². The summed E-state index contributed by atoms with van der Waals surface area (Å²) >= 11 is 0. The van der Waals surface area contributed by atoms with Gasteiger partial charge in [-0.05, 0) is 24.3 Å². The topological polar surface area (TPSA) is 73.9 Å². The molecule has 0 fully saturated rings. The smallest absolute Gasteiger partial charge is 0.387 e. The summed E-state index contributed by atoms with van der Waals surface area (Å²) < 4.78 is 66.2. The van der Waals surface area contributed by atoms with E-state index < -0.39 is 16.6 Å². The van der Waals surface area contributed by atoms with Gasteiger partial charge < -0.3 is 14.2 Å². The van der Waals surface area contributed by atoms with Gasteiger partial charge in [-0.1, -0.05) is 6.07 Å². The first-order chi connectivity index (χ1) is 11.4. The van der Waals surface area contributed by atoms with Crippen LogP contribution < -0.4 is 18.9 Å². The third-order valence-electron chi connectivity index (χ3n) is 2.97. The van der Waals surface area contributed by atoms with E-state index in [-0.39, 0.29) is 22.1 Å². The lowest BCUT2D eigenvalue weighted by Gasteiger charge is -2.13. The number of hydrogen-bond donors (Lipinski definition) is 1. The van der Waals surface area contributed by atoms with Crippen LogP contribution in [-0.4, -0.2) is 29.2 Å². The Bertz CT molecular complexity index is 811. The van der Waals surface area contributed by atoms with Gasteiger partial charge >= 0.3 is 6.61 Å². The Morgan fingerprint density at radius 3 is 2.38 bits per heavy atom. The van der Waals surface area contributed by atoms with Gasteiger partial charge in [0, 0.05) is 12.1 Å². The predicted molar refractivity (Wildman–Crippen MR) is 83.4 cm³/mol. The van der Waals surface area contributed by atoms with Crippen molar-refractivity contribution in [2.24, 2.45) is 0 Å². The lowest BCUT2D eigenvalue weighted by molar-refractivity contribution is -0.0497. The van der Waals surface area contributed by atoms with Crippen molar-refractivity contribution in [3.8, 4) is 17.2 Å². The van der Waals surface area contributed by atoms with E-state index in [1.165, 1.54) is 44.6 Å². The number of rotatable bonds is 7. The summed E-state index contributed by atoms with van der Waals surface area (Å²) in [6.07, 6.45) is 0. The highest BCUT2D eigenvalue weighted by atomic mass is 32.2. The van der Waals surface area contributed by atoms with E-state index in [0.717, 1.165) is 6.07 Å². The van der Waals surface area contributed by atoms with Crippen molar-refractivity contribution in [2.45, 2.75) is 11.5 Å². The summed E-state index contributed by atoms with van der Waals surface area (Å²) in [6, 6.07) is 9.52. The minimum atomic E-state index is -4.03. The van der Waals surface area contributed by atoms with Crippen LogP contribution in [0.2, 0.25) is 0 Å². The molecule has 2 aromatic carbocycles. The van der Waals surface area contributed by atoms with Gasteiger partial charge in [0.25, 0.3) is 10.0 Å². The Balaban J connectivity index is 2.35. The maximum absolute atomic E-state index is 12.5. The molecule has 0 aliphatic carbocycles. The molecule has 1 N–H and O–H groups in total. The molecule has 9 heteroatoms. The monoisotopic (exact) mass is 359 g/mol. The van der Waals surface area contributed by atoms with Crippen LogP contribution in [0.4, 0.5) is 14.5 Å². The quantitative estimate of drug-likeness (QED) is 0.822. The van der Waals surface area contributed by atoms with Gasteiger partial charge in [-0.25, -0.2) is 8.42 Å². The van der Waals surface area contributed by atoms with E-state index in [1.54, 1.807) is 6.07 Å². The minimum Gasteiger partial charge on any atom is -0.497 e. The average molecular weight is 359 g/mol. The number of ether oxygens (including phenoxy) is 3. The molecule has 0 saturated carbocycles. The minimum absolute atomic E-state index is 0.0676. The molecule has 0 saturated heterocycles. The fraction of sp³-hybridized carbons (Fsp3) is 0.200. The van der Waals surface area contributed by atoms with E-state index in [9.17, 15) is 17.2 Å². The van der Waals surface area contributed by atoms with Crippen LogP contribution in [0.5, 0.6) is 17.2 Å². The average Bonchev–Trinajstić information content (AvgIpc) is 2.53. The van der Waals surface area contributed by atoms with Crippen LogP contribution in [0.1, 0.15) is 0 Å². The number of methoxy groups -OCH3 is 2. The first-order valence-electron chi connectivity index (χ1n) is 6.65. The van der Waals surface area contributed by atoms with E-state index in [4.69, 9.17) is 9.47 Å². The number of benzene rings is 2. The van der Waals surface area contributed by atoms with E-state index in [2.05, 4.69) is 9.46 Å². The van der Waals surface area contributed by atoms with Crippen LogP contribution in [0.15, 0.2) is 47.4 Å². The normalized spacial score (nSPS) is 11.2. The number of nitrogens with one attached hydrogen (secondary N) is 1. The van der Waals surface area contributed by atoms with Crippen molar-refractivity contribution in [3.63, 3.8) is 0 Å². The molecule has 6 nitrogen and oxygen atoms in total. The number of halogens is 2. The molecule has 0 bridgehead atoms. The second kappa shape index (κ2) is 7.35. The molecule has 2 rings (SSSR count). The van der Waals surface area contributed by atoms with Gasteiger partial charge in [0.2, 0.25) is 0 Å². The molecule has 0 heterocycles. The van der Waals surface area contributed by atoms with Crippen LogP contribution >= 0.6 is 0 Å². The maximum atomic E-state index is 12.5. The Morgan fingerprint density at radius 1 is 1.00 bits per heavy atom. The van der Waals surface area contributed by atoms with Gasteiger partial charge in [0.1, 0.15) is 22.1 Å². The molecule has 2 aromatic rings. The van der Waals surface area contributed by atoms with Crippen molar-refractivity contribution < 1.29 is 31.4 Å². The Morgan fingerprint density at radius 2 is 1.75 bits per heavy atom. The van der Waals surface area contributed by atoms with E-state index in [0.29, 0.717) is 5.75 Å². The summed E-state index contributed by atoms with van der Waals surface area (Å²) in [5.74, 6) is 0.275. The van der Waals surface area contributed by atoms with Crippen molar-refractivity contribution in [1.29, 1.82) is 0 Å². The predicted octanol–water partition coefficient (Wildman–Crippen LogP) is 3.11. The molecule has 0 atom stereocenters. The fourth-order valence-electron chi connectivity index (χ4n) is 1.94. The molecule has 0 spiro atoms. The summed E-state index contributed by atoms with van der Waals surface area (Å²) in [5.41, 5.74) is 0.0676. The summed E-state index contributed by atoms with van der Waals surface area (Å²) in [6.45, 7) is -3.00. The maximum Gasteiger partial charge on any atom is 0.387 e. The van der Waals surface area contributed by atoms with Crippen molar-refractivity contribution >= 4 is 15.7 Å². The summed E-state index contributed by atoms with van der Waals surface area (Å²) in [5, 5.41) is 0. The number of hydrogen-bond acceptors (Lipinski definition) is 5. The van der Waals surface area contributed by atoms with Crippen LogP contribution in [0, 0.1) is 0 Å². The van der Waals surface area contributed by atoms with Crippen molar-refractivity contribution in [3.05, 3.63) is 42.5 Å². The number of sulfonamides is 1. The van der Waals surface area contributed by atoms with E-state index >= 15 is 0 Å². The zero-order valence-electron chi connectivity index (χ0n) is 12.8. The first kappa shape index (κ1) is 17.8. The molecule has 0 aromatic heterocycles. The highest BCUT2D eigenvalue weighted by Gasteiger charge is 2.21. The molecule has 0 radical (unpaired) electrons. The molecular formula is C15H15F2NO5S. The largest absolute Gasteiger partial charge is 0.497 e. The van der Waals surface area contributed by atoms with Gasteiger partial charge in [-0.2, -0.15) is 8.78 Å². The molecule has 0 aliphatic rings. The second-order valence-electron chi connectivity index (χ2n) is 4.53. The van der Waals surface area contributed by atoms with Gasteiger partial charge in [0.05, 0.1) is 19.9 Å². The zero-order valence-corrected chi connectivity index (χ0v) is 13.6. The first-order valence-corrected chi connectivity index (χ1v) is 8.14. The Labute approximate surface area is 138 Å². The zero-order chi connectivity index (χ0) is 17.7. The molecule has 0 unspecified atom stereocenters. The SMILES string of the molecule is COc1ccc(OC)c(S(=O)(=O)Nc2cccc(OC(F)F)c2)c1. The summed E-state index contributed by atoms with van der Waals surface area (Å²) in [4.78, 5) is -0.149. The highest BCUT2D eigenvalue weighted by Crippen LogP contribution is 2.30. The number of anilines is 1. The van der Waals surface area contributed by atoms with Crippen molar-refractivity contribution in [2.75, 3.05) is 18.9 Å². The van der Waals surface area contributed by atoms with Crippen LogP contribution in [0.25, 0.3) is 0 Å². The van der Waals surface area contributed by atoms with E-state index in [1.807, 2.05) is 0 Å². The Hall–Kier alpha value is -2.55. The lowest BCUT2D eigenvalue weighted by atomic mass is 10.3. The molecular weight excluding hydrogens is 344 g/mol. The molecule has 24 heavy (non-hydrogen) atoms. The molecule has 0 amide bonds. The number of alkyl halides is 2. The van der Waals surface area contributed by atoms with Crippen molar-refractivity contribution in [1.82, 2.24) is 0 Å². The third kappa shape index (κ3) is 4.25. The molecule has 130 valence electrons. The second-order valence-corrected chi connectivity index (χ2v) is 6.18. The van der Waals surface area contributed by atoms with Crippen LogP contribution in [-0.2, 0) is 10.0 Å². The standard InChI is InChI=1S/C15H15F2NO5S/c1-21-11-6-7-13(22-2)14(9-11)24(19,20)18-10-4-3-5-12(8-10)23-15(16)17/h3-9,15,18H,1-2H3. The molecule has 0 aliphatic heterocycles. The van der Waals surface area contributed by atoms with Gasteiger partial charge in [-0.15, -0.1) is 0 Å². The third-order valence-corrected chi connectivity index (χ3v) is 4.37. The lowest BCUT2D eigenvalue weighted by Crippen LogP contribution is -2.14.